The number of pyridine rings is 2. The van der Waals surface area contributed by atoms with Crippen LogP contribution in [-0.2, 0) is 6.54 Å². The van der Waals surface area contributed by atoms with Crippen LogP contribution in [-0.4, -0.2) is 29.1 Å². The van der Waals surface area contributed by atoms with Gasteiger partial charge < -0.3 is 16.0 Å². The highest BCUT2D eigenvalue weighted by Gasteiger charge is 2.19. The fraction of sp³-hybridized carbons (Fsp3) is 0.333. The summed E-state index contributed by atoms with van der Waals surface area (Å²) in [5, 5.41) is 4.14. The van der Waals surface area contributed by atoms with Gasteiger partial charge in [-0.15, -0.1) is 0 Å². The van der Waals surface area contributed by atoms with E-state index in [-0.39, 0.29) is 0 Å². The standard InChI is InChI=1S/C24H28ClN5/c1-30(16-17-6-3-2-4-7-17)24-9-5-8-22(29-24)20-14-23(27-15-21(20)25)28-19-12-10-18(26)11-13-19/h2-9,14-15,18-19H,10-13,16,26H2,1H3,(H,27,28). The summed E-state index contributed by atoms with van der Waals surface area (Å²) in [6.45, 7) is 0.790. The van der Waals surface area contributed by atoms with E-state index in [0.717, 1.165) is 55.1 Å². The fourth-order valence-electron chi connectivity index (χ4n) is 3.91. The molecule has 4 rings (SSSR count). The van der Waals surface area contributed by atoms with E-state index < -0.39 is 0 Å². The van der Waals surface area contributed by atoms with Gasteiger partial charge in [0.25, 0.3) is 0 Å². The van der Waals surface area contributed by atoms with Crippen LogP contribution in [0.1, 0.15) is 31.2 Å². The van der Waals surface area contributed by atoms with Gasteiger partial charge in [-0.25, -0.2) is 9.97 Å². The first-order chi connectivity index (χ1) is 14.6. The van der Waals surface area contributed by atoms with Crippen LogP contribution in [0.5, 0.6) is 0 Å². The van der Waals surface area contributed by atoms with Gasteiger partial charge in [-0.2, -0.15) is 0 Å². The zero-order valence-corrected chi connectivity index (χ0v) is 18.0. The van der Waals surface area contributed by atoms with E-state index in [1.165, 1.54) is 5.56 Å². The van der Waals surface area contributed by atoms with Crippen molar-refractivity contribution in [1.29, 1.82) is 0 Å². The summed E-state index contributed by atoms with van der Waals surface area (Å²) in [7, 11) is 2.05. The molecule has 1 aromatic carbocycles. The number of aromatic nitrogens is 2. The number of nitrogens with one attached hydrogen (secondary N) is 1. The summed E-state index contributed by atoms with van der Waals surface area (Å²) in [5.74, 6) is 1.74. The third-order valence-electron chi connectivity index (χ3n) is 5.64. The summed E-state index contributed by atoms with van der Waals surface area (Å²) in [6.07, 6.45) is 5.94. The highest BCUT2D eigenvalue weighted by molar-refractivity contribution is 6.33. The molecule has 2 heterocycles. The van der Waals surface area contributed by atoms with E-state index in [4.69, 9.17) is 22.3 Å². The van der Waals surface area contributed by atoms with Gasteiger partial charge in [0, 0.05) is 37.4 Å². The lowest BCUT2D eigenvalue weighted by Gasteiger charge is -2.27. The molecule has 0 amide bonds. The SMILES string of the molecule is CN(Cc1ccccc1)c1cccc(-c2cc(NC3CCC(N)CC3)ncc2Cl)n1. The van der Waals surface area contributed by atoms with E-state index >= 15 is 0 Å². The number of benzene rings is 1. The molecule has 3 aromatic rings. The molecule has 3 N–H and O–H groups in total. The molecular weight excluding hydrogens is 394 g/mol. The van der Waals surface area contributed by atoms with Crippen LogP contribution < -0.4 is 16.0 Å². The second-order valence-electron chi connectivity index (χ2n) is 8.03. The molecule has 30 heavy (non-hydrogen) atoms. The Bertz CT molecular complexity index is 970. The summed E-state index contributed by atoms with van der Waals surface area (Å²) in [4.78, 5) is 11.5. The van der Waals surface area contributed by atoms with Gasteiger partial charge in [0.15, 0.2) is 0 Å². The minimum Gasteiger partial charge on any atom is -0.367 e. The molecule has 156 valence electrons. The van der Waals surface area contributed by atoms with Crippen LogP contribution >= 0.6 is 11.6 Å². The lowest BCUT2D eigenvalue weighted by molar-refractivity contribution is 0.410. The highest BCUT2D eigenvalue weighted by atomic mass is 35.5. The maximum Gasteiger partial charge on any atom is 0.129 e. The molecule has 0 unspecified atom stereocenters. The third kappa shape index (κ3) is 5.10. The van der Waals surface area contributed by atoms with Crippen LogP contribution in [0.2, 0.25) is 5.02 Å². The molecule has 1 aliphatic carbocycles. The largest absolute Gasteiger partial charge is 0.367 e. The van der Waals surface area contributed by atoms with Crippen LogP contribution in [0, 0.1) is 0 Å². The Labute approximate surface area is 183 Å². The smallest absolute Gasteiger partial charge is 0.129 e. The number of nitrogens with two attached hydrogens (primary N) is 1. The molecular formula is C24H28ClN5. The second-order valence-corrected chi connectivity index (χ2v) is 8.44. The van der Waals surface area contributed by atoms with Crippen molar-refractivity contribution in [3.63, 3.8) is 0 Å². The van der Waals surface area contributed by atoms with Gasteiger partial charge in [-0.3, -0.25) is 0 Å². The first-order valence-electron chi connectivity index (χ1n) is 10.5. The molecule has 6 heteroatoms. The normalized spacial score (nSPS) is 18.8. The lowest BCUT2D eigenvalue weighted by atomic mass is 9.92. The Morgan fingerprint density at radius 1 is 1.07 bits per heavy atom. The Balaban J connectivity index is 1.52. The molecule has 0 saturated heterocycles. The summed E-state index contributed by atoms with van der Waals surface area (Å²) in [6, 6.07) is 19.1. The van der Waals surface area contributed by atoms with Crippen molar-refractivity contribution < 1.29 is 0 Å². The lowest BCUT2D eigenvalue weighted by Crippen LogP contribution is -2.33. The van der Waals surface area contributed by atoms with Crippen molar-refractivity contribution in [3.05, 3.63) is 71.4 Å². The van der Waals surface area contributed by atoms with Gasteiger partial charge in [-0.05, 0) is 49.4 Å². The summed E-state index contributed by atoms with van der Waals surface area (Å²) >= 11 is 6.49. The Morgan fingerprint density at radius 2 is 1.83 bits per heavy atom. The van der Waals surface area contributed by atoms with Crippen molar-refractivity contribution in [2.45, 2.75) is 44.3 Å². The van der Waals surface area contributed by atoms with Crippen molar-refractivity contribution >= 4 is 23.2 Å². The minimum absolute atomic E-state index is 0.330. The number of hydrogen-bond acceptors (Lipinski definition) is 5. The summed E-state index contributed by atoms with van der Waals surface area (Å²) in [5.41, 5.74) is 8.99. The molecule has 1 fully saturated rings. The second kappa shape index (κ2) is 9.45. The molecule has 2 aromatic heterocycles. The van der Waals surface area contributed by atoms with Gasteiger partial charge in [-0.1, -0.05) is 48.0 Å². The molecule has 0 spiro atoms. The predicted molar refractivity (Wildman–Crippen MR) is 125 cm³/mol. The maximum atomic E-state index is 6.49. The number of halogens is 1. The number of nitrogens with zero attached hydrogens (tertiary/aromatic N) is 3. The molecule has 1 aliphatic rings. The van der Waals surface area contributed by atoms with E-state index in [1.807, 2.05) is 37.4 Å². The zero-order valence-electron chi connectivity index (χ0n) is 17.3. The minimum atomic E-state index is 0.330. The zero-order chi connectivity index (χ0) is 20.9. The molecule has 0 aliphatic heterocycles. The van der Waals surface area contributed by atoms with Gasteiger partial charge in [0.1, 0.15) is 11.6 Å². The van der Waals surface area contributed by atoms with Crippen molar-refractivity contribution in [1.82, 2.24) is 9.97 Å². The van der Waals surface area contributed by atoms with Gasteiger partial charge in [0.2, 0.25) is 0 Å². The average Bonchev–Trinajstić information content (AvgIpc) is 2.77. The van der Waals surface area contributed by atoms with Gasteiger partial charge >= 0.3 is 0 Å². The molecule has 1 saturated carbocycles. The van der Waals surface area contributed by atoms with E-state index in [0.29, 0.717) is 17.1 Å². The first kappa shape index (κ1) is 20.6. The molecule has 0 radical (unpaired) electrons. The van der Waals surface area contributed by atoms with E-state index in [1.54, 1.807) is 6.20 Å². The maximum absolute atomic E-state index is 6.49. The van der Waals surface area contributed by atoms with E-state index in [2.05, 4.69) is 39.5 Å². The predicted octanol–water partition coefficient (Wildman–Crippen LogP) is 5.12. The van der Waals surface area contributed by atoms with Crippen LogP contribution in [0.25, 0.3) is 11.3 Å². The van der Waals surface area contributed by atoms with Crippen LogP contribution in [0.15, 0.2) is 60.8 Å². The number of rotatable bonds is 6. The molecule has 0 atom stereocenters. The molecule has 5 nitrogen and oxygen atoms in total. The Hall–Kier alpha value is -2.63. The fourth-order valence-corrected chi connectivity index (χ4v) is 4.11. The molecule has 0 bridgehead atoms. The van der Waals surface area contributed by atoms with Crippen LogP contribution in [0.4, 0.5) is 11.6 Å². The van der Waals surface area contributed by atoms with Crippen molar-refractivity contribution in [2.24, 2.45) is 5.73 Å². The quantitative estimate of drug-likeness (QED) is 0.578. The van der Waals surface area contributed by atoms with E-state index in [9.17, 15) is 0 Å². The highest BCUT2D eigenvalue weighted by Crippen LogP contribution is 2.30. The first-order valence-corrected chi connectivity index (χ1v) is 10.9. The Kier molecular flexibility index (Phi) is 6.50. The number of anilines is 2. The third-order valence-corrected chi connectivity index (χ3v) is 5.94. The van der Waals surface area contributed by atoms with Crippen LogP contribution in [0.3, 0.4) is 0 Å². The topological polar surface area (TPSA) is 67.1 Å². The van der Waals surface area contributed by atoms with Crippen molar-refractivity contribution in [2.75, 3.05) is 17.3 Å². The monoisotopic (exact) mass is 421 g/mol. The van der Waals surface area contributed by atoms with Gasteiger partial charge in [0.05, 0.1) is 10.7 Å². The van der Waals surface area contributed by atoms with Crippen molar-refractivity contribution in [3.8, 4) is 11.3 Å². The average molecular weight is 422 g/mol. The summed E-state index contributed by atoms with van der Waals surface area (Å²) < 4.78 is 0. The Morgan fingerprint density at radius 3 is 2.60 bits per heavy atom. The number of hydrogen-bond donors (Lipinski definition) is 2.